The number of aromatic nitrogens is 2. The number of para-hydroxylation sites is 2. The number of ether oxygens (including phenoxy) is 1. The SMILES string of the molecule is COc1ccccc1C(CNC(=O)c1n[nH]c2ccccc12)N1CCCC1. The molecule has 3 aromatic rings. The van der Waals surface area contributed by atoms with Gasteiger partial charge in [-0.2, -0.15) is 5.10 Å². The number of hydrogen-bond acceptors (Lipinski definition) is 4. The van der Waals surface area contributed by atoms with Crippen LogP contribution < -0.4 is 10.1 Å². The molecule has 4 rings (SSSR count). The summed E-state index contributed by atoms with van der Waals surface area (Å²) in [6, 6.07) is 15.8. The second-order valence-corrected chi connectivity index (χ2v) is 6.83. The number of carbonyl (C=O) groups is 1. The molecule has 1 fully saturated rings. The molecule has 2 heterocycles. The van der Waals surface area contributed by atoms with Crippen LogP contribution in [0, 0.1) is 0 Å². The van der Waals surface area contributed by atoms with Crippen LogP contribution in [0.3, 0.4) is 0 Å². The van der Waals surface area contributed by atoms with Gasteiger partial charge in [-0.25, -0.2) is 0 Å². The molecule has 6 heteroatoms. The van der Waals surface area contributed by atoms with E-state index in [-0.39, 0.29) is 11.9 Å². The maximum atomic E-state index is 12.8. The van der Waals surface area contributed by atoms with Gasteiger partial charge in [0.05, 0.1) is 18.7 Å². The Morgan fingerprint density at radius 2 is 1.93 bits per heavy atom. The van der Waals surface area contributed by atoms with Gasteiger partial charge in [-0.05, 0) is 38.1 Å². The summed E-state index contributed by atoms with van der Waals surface area (Å²) in [6.45, 7) is 2.58. The number of hydrogen-bond donors (Lipinski definition) is 2. The van der Waals surface area contributed by atoms with Gasteiger partial charge in [0.15, 0.2) is 5.69 Å². The summed E-state index contributed by atoms with van der Waals surface area (Å²) in [4.78, 5) is 15.2. The average Bonchev–Trinajstić information content (AvgIpc) is 3.38. The van der Waals surface area contributed by atoms with Crippen molar-refractivity contribution in [3.63, 3.8) is 0 Å². The molecule has 0 radical (unpaired) electrons. The van der Waals surface area contributed by atoms with Gasteiger partial charge < -0.3 is 10.1 Å². The van der Waals surface area contributed by atoms with E-state index in [0.29, 0.717) is 12.2 Å². The number of nitrogens with one attached hydrogen (secondary N) is 2. The number of benzene rings is 2. The molecule has 1 aliphatic rings. The monoisotopic (exact) mass is 364 g/mol. The topological polar surface area (TPSA) is 70.2 Å². The highest BCUT2D eigenvalue weighted by Crippen LogP contribution is 2.31. The molecule has 1 aromatic heterocycles. The van der Waals surface area contributed by atoms with E-state index < -0.39 is 0 Å². The number of methoxy groups -OCH3 is 1. The maximum Gasteiger partial charge on any atom is 0.272 e. The molecule has 2 aromatic carbocycles. The fourth-order valence-electron chi connectivity index (χ4n) is 3.84. The van der Waals surface area contributed by atoms with Crippen molar-refractivity contribution < 1.29 is 9.53 Å². The van der Waals surface area contributed by atoms with Crippen molar-refractivity contribution in [3.05, 3.63) is 59.8 Å². The molecule has 0 aliphatic carbocycles. The first-order valence-corrected chi connectivity index (χ1v) is 9.36. The fraction of sp³-hybridized carbons (Fsp3) is 0.333. The number of carbonyl (C=O) groups excluding carboxylic acids is 1. The molecule has 1 amide bonds. The Labute approximate surface area is 158 Å². The lowest BCUT2D eigenvalue weighted by molar-refractivity contribution is 0.0934. The third-order valence-electron chi connectivity index (χ3n) is 5.22. The van der Waals surface area contributed by atoms with Gasteiger partial charge in [0.1, 0.15) is 5.75 Å². The zero-order valence-corrected chi connectivity index (χ0v) is 15.4. The van der Waals surface area contributed by atoms with Gasteiger partial charge in [0.25, 0.3) is 5.91 Å². The van der Waals surface area contributed by atoms with Gasteiger partial charge in [-0.3, -0.25) is 14.8 Å². The van der Waals surface area contributed by atoms with E-state index in [9.17, 15) is 4.79 Å². The molecule has 27 heavy (non-hydrogen) atoms. The molecule has 0 bridgehead atoms. The van der Waals surface area contributed by atoms with E-state index in [1.807, 2.05) is 42.5 Å². The van der Waals surface area contributed by atoms with Crippen LogP contribution in [-0.4, -0.2) is 47.7 Å². The maximum absolute atomic E-state index is 12.8. The van der Waals surface area contributed by atoms with Crippen LogP contribution >= 0.6 is 0 Å². The predicted molar refractivity (Wildman–Crippen MR) is 105 cm³/mol. The molecule has 0 saturated carbocycles. The summed E-state index contributed by atoms with van der Waals surface area (Å²) in [5.41, 5.74) is 2.41. The minimum absolute atomic E-state index is 0.0813. The normalized spacial score (nSPS) is 15.7. The molecule has 0 spiro atoms. The van der Waals surface area contributed by atoms with E-state index in [4.69, 9.17) is 4.74 Å². The Bertz CT molecular complexity index is 931. The Hall–Kier alpha value is -2.86. The standard InChI is InChI=1S/C21H24N4O2/c1-27-19-11-5-3-9-16(19)18(25-12-6-7-13-25)14-22-21(26)20-15-8-2-4-10-17(15)23-24-20/h2-5,8-11,18H,6-7,12-14H2,1H3,(H,22,26)(H,23,24). The summed E-state index contributed by atoms with van der Waals surface area (Å²) in [7, 11) is 1.69. The van der Waals surface area contributed by atoms with Crippen molar-refractivity contribution in [2.24, 2.45) is 0 Å². The Morgan fingerprint density at radius 3 is 2.74 bits per heavy atom. The predicted octanol–water partition coefficient (Wildman–Crippen LogP) is 3.14. The molecule has 2 N–H and O–H groups in total. The number of rotatable bonds is 6. The van der Waals surface area contributed by atoms with Crippen molar-refractivity contribution in [1.29, 1.82) is 0 Å². The largest absolute Gasteiger partial charge is 0.496 e. The fourth-order valence-corrected chi connectivity index (χ4v) is 3.84. The Balaban J connectivity index is 1.56. The lowest BCUT2D eigenvalue weighted by atomic mass is 10.0. The van der Waals surface area contributed by atoms with Crippen molar-refractivity contribution in [3.8, 4) is 5.75 Å². The average molecular weight is 364 g/mol. The van der Waals surface area contributed by atoms with E-state index in [1.165, 1.54) is 12.8 Å². The first-order valence-electron chi connectivity index (χ1n) is 9.36. The molecular weight excluding hydrogens is 340 g/mol. The molecule has 1 unspecified atom stereocenters. The van der Waals surface area contributed by atoms with Crippen LogP contribution in [0.2, 0.25) is 0 Å². The number of nitrogens with zero attached hydrogens (tertiary/aromatic N) is 2. The highest BCUT2D eigenvalue weighted by Gasteiger charge is 2.27. The van der Waals surface area contributed by atoms with Crippen LogP contribution in [0.4, 0.5) is 0 Å². The van der Waals surface area contributed by atoms with Gasteiger partial charge in [-0.15, -0.1) is 0 Å². The van der Waals surface area contributed by atoms with Crippen molar-refractivity contribution >= 4 is 16.8 Å². The number of H-pyrrole nitrogens is 1. The lowest BCUT2D eigenvalue weighted by Gasteiger charge is -2.29. The number of likely N-dealkylation sites (tertiary alicyclic amines) is 1. The van der Waals surface area contributed by atoms with E-state index in [0.717, 1.165) is 35.3 Å². The quantitative estimate of drug-likeness (QED) is 0.705. The van der Waals surface area contributed by atoms with E-state index in [2.05, 4.69) is 26.5 Å². The first kappa shape index (κ1) is 17.5. The van der Waals surface area contributed by atoms with E-state index >= 15 is 0 Å². The van der Waals surface area contributed by atoms with Gasteiger partial charge in [0, 0.05) is 17.5 Å². The van der Waals surface area contributed by atoms with Crippen molar-refractivity contribution in [1.82, 2.24) is 20.4 Å². The Morgan fingerprint density at radius 1 is 1.19 bits per heavy atom. The minimum Gasteiger partial charge on any atom is -0.496 e. The number of fused-ring (bicyclic) bond motifs is 1. The summed E-state index contributed by atoms with van der Waals surface area (Å²) in [5.74, 6) is 0.695. The third-order valence-corrected chi connectivity index (χ3v) is 5.22. The second kappa shape index (κ2) is 7.80. The summed E-state index contributed by atoms with van der Waals surface area (Å²) < 4.78 is 5.57. The Kier molecular flexibility index (Phi) is 5.07. The minimum atomic E-state index is -0.161. The lowest BCUT2D eigenvalue weighted by Crippen LogP contribution is -2.37. The summed E-state index contributed by atoms with van der Waals surface area (Å²) in [6.07, 6.45) is 2.37. The van der Waals surface area contributed by atoms with E-state index in [1.54, 1.807) is 7.11 Å². The van der Waals surface area contributed by atoms with Crippen molar-refractivity contribution in [2.75, 3.05) is 26.7 Å². The third kappa shape index (κ3) is 3.53. The molecular formula is C21H24N4O2. The summed E-state index contributed by atoms with van der Waals surface area (Å²) >= 11 is 0. The zero-order valence-electron chi connectivity index (χ0n) is 15.4. The first-order chi connectivity index (χ1) is 13.3. The van der Waals surface area contributed by atoms with Crippen molar-refractivity contribution in [2.45, 2.75) is 18.9 Å². The van der Waals surface area contributed by atoms with Gasteiger partial charge in [0.2, 0.25) is 0 Å². The van der Waals surface area contributed by atoms with Crippen LogP contribution in [0.25, 0.3) is 10.9 Å². The molecule has 1 atom stereocenters. The van der Waals surface area contributed by atoms with Gasteiger partial charge >= 0.3 is 0 Å². The molecule has 6 nitrogen and oxygen atoms in total. The zero-order chi connectivity index (χ0) is 18.6. The number of amides is 1. The molecule has 1 aliphatic heterocycles. The number of aromatic amines is 1. The van der Waals surface area contributed by atoms with Crippen LogP contribution in [0.5, 0.6) is 5.75 Å². The van der Waals surface area contributed by atoms with Crippen LogP contribution in [0.1, 0.15) is 34.9 Å². The van der Waals surface area contributed by atoms with Crippen LogP contribution in [0.15, 0.2) is 48.5 Å². The molecule has 140 valence electrons. The smallest absolute Gasteiger partial charge is 0.272 e. The summed E-state index contributed by atoms with van der Waals surface area (Å²) in [5, 5.41) is 11.0. The second-order valence-electron chi connectivity index (χ2n) is 6.83. The van der Waals surface area contributed by atoms with Gasteiger partial charge in [-0.1, -0.05) is 36.4 Å². The highest BCUT2D eigenvalue weighted by atomic mass is 16.5. The highest BCUT2D eigenvalue weighted by molar-refractivity contribution is 6.04. The van der Waals surface area contributed by atoms with Crippen LogP contribution in [-0.2, 0) is 0 Å². The molecule has 1 saturated heterocycles.